The summed E-state index contributed by atoms with van der Waals surface area (Å²) in [7, 11) is 1.44. The first-order valence-electron chi connectivity index (χ1n) is 6.04. The quantitative estimate of drug-likeness (QED) is 0.818. The molecule has 0 radical (unpaired) electrons. The van der Waals surface area contributed by atoms with Gasteiger partial charge in [-0.25, -0.2) is 0 Å². The Hall–Kier alpha value is -1.51. The predicted octanol–water partition coefficient (Wildman–Crippen LogP) is 2.84. The summed E-state index contributed by atoms with van der Waals surface area (Å²) in [4.78, 5) is 11.2. The van der Waals surface area contributed by atoms with Gasteiger partial charge in [-0.1, -0.05) is 12.1 Å². The normalized spacial score (nSPS) is 23.6. The molecule has 0 heterocycles. The van der Waals surface area contributed by atoms with Crippen molar-refractivity contribution in [3.8, 4) is 5.75 Å². The average Bonchev–Trinajstić information content (AvgIpc) is 2.78. The minimum absolute atomic E-state index is 0.110. The van der Waals surface area contributed by atoms with E-state index in [2.05, 4.69) is 0 Å². The summed E-state index contributed by atoms with van der Waals surface area (Å²) in [5.41, 5.74) is 1.26. The maximum Gasteiger partial charge on any atom is 0.305 e. The van der Waals surface area contributed by atoms with Gasteiger partial charge in [-0.2, -0.15) is 0 Å². The minimum atomic E-state index is -0.110. The highest BCUT2D eigenvalue weighted by Crippen LogP contribution is 2.40. The number of methoxy groups -OCH3 is 1. The summed E-state index contributed by atoms with van der Waals surface area (Å²) in [5.74, 6) is 1.16. The van der Waals surface area contributed by atoms with Crippen molar-refractivity contribution >= 4 is 5.97 Å². The Kier molecular flexibility index (Phi) is 3.67. The van der Waals surface area contributed by atoms with Crippen LogP contribution in [0.1, 0.15) is 37.2 Å². The third-order valence-corrected chi connectivity index (χ3v) is 3.59. The Bertz CT molecular complexity index is 383. The summed E-state index contributed by atoms with van der Waals surface area (Å²) >= 11 is 0. The standard InChI is InChI=1S/C14H18O3/c1-17-14(16)9-10-2-3-12(8-10)11-4-6-13(15)7-5-11/h4-7,10,12,15H,2-3,8-9H2,1H3/t10-,12+/m1/s1. The molecule has 0 aliphatic heterocycles. The van der Waals surface area contributed by atoms with E-state index in [0.717, 1.165) is 19.3 Å². The molecule has 1 N–H and O–H groups in total. The van der Waals surface area contributed by atoms with Crippen LogP contribution in [-0.4, -0.2) is 18.2 Å². The first-order valence-corrected chi connectivity index (χ1v) is 6.04. The third-order valence-electron chi connectivity index (χ3n) is 3.59. The summed E-state index contributed by atoms with van der Waals surface area (Å²) < 4.78 is 4.70. The van der Waals surface area contributed by atoms with Crippen molar-refractivity contribution in [3.63, 3.8) is 0 Å². The third kappa shape index (κ3) is 2.99. The van der Waals surface area contributed by atoms with Crippen LogP contribution in [0.2, 0.25) is 0 Å². The molecule has 3 nitrogen and oxygen atoms in total. The van der Waals surface area contributed by atoms with E-state index in [-0.39, 0.29) is 5.97 Å². The van der Waals surface area contributed by atoms with Crippen LogP contribution in [0.3, 0.4) is 0 Å². The van der Waals surface area contributed by atoms with E-state index in [0.29, 0.717) is 24.0 Å². The molecule has 1 saturated carbocycles. The molecule has 2 atom stereocenters. The molecule has 1 aromatic rings. The Morgan fingerprint density at radius 3 is 2.71 bits per heavy atom. The zero-order valence-corrected chi connectivity index (χ0v) is 10.1. The number of aromatic hydroxyl groups is 1. The van der Waals surface area contributed by atoms with E-state index in [4.69, 9.17) is 4.74 Å². The second kappa shape index (κ2) is 5.21. The molecule has 0 aromatic heterocycles. The number of hydrogen-bond acceptors (Lipinski definition) is 3. The number of esters is 1. The van der Waals surface area contributed by atoms with Crippen LogP contribution >= 0.6 is 0 Å². The molecule has 92 valence electrons. The van der Waals surface area contributed by atoms with Crippen molar-refractivity contribution in [2.24, 2.45) is 5.92 Å². The van der Waals surface area contributed by atoms with Gasteiger partial charge in [0.25, 0.3) is 0 Å². The van der Waals surface area contributed by atoms with Crippen molar-refractivity contribution < 1.29 is 14.6 Å². The lowest BCUT2D eigenvalue weighted by atomic mass is 9.95. The number of carbonyl (C=O) groups excluding carboxylic acids is 1. The Morgan fingerprint density at radius 2 is 2.06 bits per heavy atom. The lowest BCUT2D eigenvalue weighted by Crippen LogP contribution is -2.07. The summed E-state index contributed by atoms with van der Waals surface area (Å²) in [6.07, 6.45) is 3.78. The Balaban J connectivity index is 1.93. The number of benzene rings is 1. The summed E-state index contributed by atoms with van der Waals surface area (Å²) in [6, 6.07) is 7.40. The number of ether oxygens (including phenoxy) is 1. The molecule has 1 fully saturated rings. The molecule has 1 aromatic carbocycles. The second-order valence-electron chi connectivity index (χ2n) is 4.75. The van der Waals surface area contributed by atoms with Crippen LogP contribution < -0.4 is 0 Å². The molecule has 1 aliphatic carbocycles. The van der Waals surface area contributed by atoms with Crippen LogP contribution in [0.15, 0.2) is 24.3 Å². The largest absolute Gasteiger partial charge is 0.508 e. The van der Waals surface area contributed by atoms with Crippen molar-refractivity contribution in [3.05, 3.63) is 29.8 Å². The molecule has 0 bridgehead atoms. The fourth-order valence-corrected chi connectivity index (χ4v) is 2.63. The van der Waals surface area contributed by atoms with Crippen LogP contribution in [0.25, 0.3) is 0 Å². The zero-order valence-electron chi connectivity index (χ0n) is 10.1. The van der Waals surface area contributed by atoms with Crippen molar-refractivity contribution in [1.82, 2.24) is 0 Å². The molecular formula is C14H18O3. The first kappa shape index (κ1) is 12.0. The van der Waals surface area contributed by atoms with Crippen LogP contribution in [-0.2, 0) is 9.53 Å². The van der Waals surface area contributed by atoms with Gasteiger partial charge < -0.3 is 9.84 Å². The number of hydrogen-bond donors (Lipinski definition) is 1. The molecular weight excluding hydrogens is 216 g/mol. The van der Waals surface area contributed by atoms with Crippen molar-refractivity contribution in [2.45, 2.75) is 31.6 Å². The maximum atomic E-state index is 11.2. The van der Waals surface area contributed by atoms with Gasteiger partial charge in [-0.3, -0.25) is 4.79 Å². The highest BCUT2D eigenvalue weighted by Gasteiger charge is 2.27. The lowest BCUT2D eigenvalue weighted by molar-refractivity contribution is -0.141. The zero-order chi connectivity index (χ0) is 12.3. The lowest BCUT2D eigenvalue weighted by Gasteiger charge is -2.11. The smallest absolute Gasteiger partial charge is 0.305 e. The van der Waals surface area contributed by atoms with E-state index >= 15 is 0 Å². The molecule has 0 spiro atoms. The monoisotopic (exact) mass is 234 g/mol. The fourth-order valence-electron chi connectivity index (χ4n) is 2.63. The van der Waals surface area contributed by atoms with Gasteiger partial charge in [-0.05, 0) is 48.8 Å². The number of rotatable bonds is 3. The molecule has 1 aliphatic rings. The highest BCUT2D eigenvalue weighted by molar-refractivity contribution is 5.69. The number of phenols is 1. The molecule has 0 unspecified atom stereocenters. The van der Waals surface area contributed by atoms with Gasteiger partial charge in [0, 0.05) is 6.42 Å². The molecule has 3 heteroatoms. The van der Waals surface area contributed by atoms with E-state index < -0.39 is 0 Å². The fraction of sp³-hybridized carbons (Fsp3) is 0.500. The maximum absolute atomic E-state index is 11.2. The molecule has 2 rings (SSSR count). The predicted molar refractivity (Wildman–Crippen MR) is 64.8 cm³/mol. The van der Waals surface area contributed by atoms with E-state index in [9.17, 15) is 9.90 Å². The first-order chi connectivity index (χ1) is 8.19. The Morgan fingerprint density at radius 1 is 1.35 bits per heavy atom. The van der Waals surface area contributed by atoms with Crippen LogP contribution in [0.4, 0.5) is 0 Å². The van der Waals surface area contributed by atoms with Crippen LogP contribution in [0.5, 0.6) is 5.75 Å². The number of phenolic OH excluding ortho intramolecular Hbond substituents is 1. The van der Waals surface area contributed by atoms with Gasteiger partial charge >= 0.3 is 5.97 Å². The van der Waals surface area contributed by atoms with Crippen molar-refractivity contribution in [2.75, 3.05) is 7.11 Å². The van der Waals surface area contributed by atoms with Crippen LogP contribution in [0, 0.1) is 5.92 Å². The molecule has 17 heavy (non-hydrogen) atoms. The van der Waals surface area contributed by atoms with Gasteiger partial charge in [0.2, 0.25) is 0 Å². The van der Waals surface area contributed by atoms with E-state index in [1.165, 1.54) is 12.7 Å². The van der Waals surface area contributed by atoms with Gasteiger partial charge in [0.15, 0.2) is 0 Å². The molecule has 0 amide bonds. The van der Waals surface area contributed by atoms with Gasteiger partial charge in [0.1, 0.15) is 5.75 Å². The number of carbonyl (C=O) groups is 1. The van der Waals surface area contributed by atoms with E-state index in [1.807, 2.05) is 12.1 Å². The summed E-state index contributed by atoms with van der Waals surface area (Å²) in [6.45, 7) is 0. The van der Waals surface area contributed by atoms with Gasteiger partial charge in [-0.15, -0.1) is 0 Å². The topological polar surface area (TPSA) is 46.5 Å². The minimum Gasteiger partial charge on any atom is -0.508 e. The van der Waals surface area contributed by atoms with E-state index in [1.54, 1.807) is 12.1 Å². The van der Waals surface area contributed by atoms with Gasteiger partial charge in [0.05, 0.1) is 7.11 Å². The second-order valence-corrected chi connectivity index (χ2v) is 4.75. The van der Waals surface area contributed by atoms with Crippen molar-refractivity contribution in [1.29, 1.82) is 0 Å². The highest BCUT2D eigenvalue weighted by atomic mass is 16.5. The Labute approximate surface area is 101 Å². The summed E-state index contributed by atoms with van der Waals surface area (Å²) in [5, 5.41) is 9.24. The SMILES string of the molecule is COC(=O)C[C@@H]1CC[C@H](c2ccc(O)cc2)C1. The average molecular weight is 234 g/mol. The molecule has 0 saturated heterocycles.